The number of halogens is 1. The molecule has 2 fully saturated rings. The highest BCUT2D eigenvalue weighted by Gasteiger charge is 2.45. The molecule has 1 aromatic heterocycles. The van der Waals surface area contributed by atoms with Crippen LogP contribution in [0.1, 0.15) is 54.2 Å². The van der Waals surface area contributed by atoms with Crippen LogP contribution in [0.5, 0.6) is 0 Å². The number of hydrogen-bond donors (Lipinski definition) is 1. The fourth-order valence-electron chi connectivity index (χ4n) is 4.07. The van der Waals surface area contributed by atoms with E-state index >= 15 is 0 Å². The summed E-state index contributed by atoms with van der Waals surface area (Å²) in [4.78, 5) is 31.3. The fraction of sp³-hybridized carbons (Fsp3) is 0.421. The lowest BCUT2D eigenvalue weighted by Gasteiger charge is -2.32. The molecular weight excluding hydrogens is 353 g/mol. The van der Waals surface area contributed by atoms with Crippen molar-refractivity contribution in [1.29, 1.82) is 0 Å². The maximum atomic E-state index is 13.4. The van der Waals surface area contributed by atoms with Gasteiger partial charge in [-0.3, -0.25) is 9.59 Å². The maximum absolute atomic E-state index is 13.4. The highest BCUT2D eigenvalue weighted by molar-refractivity contribution is 7.07. The highest BCUT2D eigenvalue weighted by Crippen LogP contribution is 2.40. The zero-order valence-corrected chi connectivity index (χ0v) is 15.0. The third-order valence-corrected chi connectivity index (χ3v) is 5.86. The number of aromatic nitrogens is 1. The maximum Gasteiger partial charge on any atom is 0.274 e. The van der Waals surface area contributed by atoms with E-state index in [9.17, 15) is 14.0 Å². The number of nitrogens with zero attached hydrogens (tertiary/aromatic N) is 2. The molecule has 26 heavy (non-hydrogen) atoms. The summed E-state index contributed by atoms with van der Waals surface area (Å²) in [5.41, 5.74) is 2.96. The molecule has 2 aliphatic heterocycles. The number of benzene rings is 1. The molecular formula is C19H20FN3O2S. The molecule has 1 N–H and O–H groups in total. The van der Waals surface area contributed by atoms with Gasteiger partial charge in [0, 0.05) is 11.8 Å². The number of amides is 2. The van der Waals surface area contributed by atoms with E-state index in [1.807, 2.05) is 4.90 Å². The molecule has 4 rings (SSSR count). The van der Waals surface area contributed by atoms with Crippen LogP contribution < -0.4 is 5.32 Å². The van der Waals surface area contributed by atoms with Gasteiger partial charge in [0.25, 0.3) is 5.91 Å². The minimum atomic E-state index is -0.302. The van der Waals surface area contributed by atoms with Gasteiger partial charge in [0.1, 0.15) is 11.5 Å². The Kier molecular flexibility index (Phi) is 4.72. The van der Waals surface area contributed by atoms with Crippen LogP contribution in [0.15, 0.2) is 35.2 Å². The number of fused-ring (bicyclic) bond motifs is 1. The van der Waals surface area contributed by atoms with Crippen LogP contribution >= 0.6 is 11.3 Å². The zero-order valence-electron chi connectivity index (χ0n) is 14.2. The van der Waals surface area contributed by atoms with Crippen LogP contribution in [-0.2, 0) is 4.79 Å². The summed E-state index contributed by atoms with van der Waals surface area (Å²) >= 11 is 1.38. The molecule has 1 aromatic carbocycles. The van der Waals surface area contributed by atoms with E-state index in [-0.39, 0.29) is 35.8 Å². The quantitative estimate of drug-likeness (QED) is 0.879. The van der Waals surface area contributed by atoms with E-state index < -0.39 is 0 Å². The van der Waals surface area contributed by atoms with Crippen molar-refractivity contribution in [1.82, 2.24) is 15.2 Å². The van der Waals surface area contributed by atoms with Gasteiger partial charge in [-0.25, -0.2) is 9.37 Å². The third-order valence-electron chi connectivity index (χ3n) is 5.28. The summed E-state index contributed by atoms with van der Waals surface area (Å²) in [7, 11) is 0. The molecule has 5 nitrogen and oxygen atoms in total. The number of carbonyl (C=O) groups is 2. The Hall–Kier alpha value is -2.28. The summed E-state index contributed by atoms with van der Waals surface area (Å²) in [5.74, 6) is -0.383. The van der Waals surface area contributed by atoms with Gasteiger partial charge in [-0.05, 0) is 37.0 Å². The molecule has 3 heterocycles. The van der Waals surface area contributed by atoms with Gasteiger partial charge in [0.05, 0.1) is 23.6 Å². The van der Waals surface area contributed by atoms with Crippen molar-refractivity contribution in [2.24, 2.45) is 0 Å². The molecule has 2 amide bonds. The summed E-state index contributed by atoms with van der Waals surface area (Å²) in [6.45, 7) is 0. The SMILES string of the molecule is O=C1CCCC[C@H]2[C@@H](C[C@@H](c3ccc(F)cc3)N2C(=O)c2cscn2)N1. The summed E-state index contributed by atoms with van der Waals surface area (Å²) in [5, 5.41) is 4.85. The average molecular weight is 373 g/mol. The second kappa shape index (κ2) is 7.15. The Morgan fingerprint density at radius 3 is 2.81 bits per heavy atom. The number of rotatable bonds is 2. The summed E-state index contributed by atoms with van der Waals surface area (Å²) in [6, 6.07) is 5.94. The Morgan fingerprint density at radius 2 is 2.08 bits per heavy atom. The first kappa shape index (κ1) is 17.1. The van der Waals surface area contributed by atoms with Gasteiger partial charge in [0.15, 0.2) is 0 Å². The number of thiazole rings is 1. The molecule has 0 spiro atoms. The lowest BCUT2D eigenvalue weighted by Crippen LogP contribution is -2.48. The second-order valence-electron chi connectivity index (χ2n) is 6.88. The molecule has 0 saturated carbocycles. The van der Waals surface area contributed by atoms with Crippen LogP contribution in [0.3, 0.4) is 0 Å². The Labute approximate surface area is 155 Å². The first-order chi connectivity index (χ1) is 12.6. The molecule has 136 valence electrons. The predicted molar refractivity (Wildman–Crippen MR) is 96.2 cm³/mol. The van der Waals surface area contributed by atoms with Crippen LogP contribution in [0.2, 0.25) is 0 Å². The molecule has 0 aliphatic carbocycles. The van der Waals surface area contributed by atoms with Crippen molar-refractivity contribution >= 4 is 23.2 Å². The largest absolute Gasteiger partial charge is 0.351 e. The summed E-state index contributed by atoms with van der Waals surface area (Å²) in [6.07, 6.45) is 3.75. The van der Waals surface area contributed by atoms with E-state index in [0.717, 1.165) is 24.8 Å². The topological polar surface area (TPSA) is 62.3 Å². The van der Waals surface area contributed by atoms with Crippen molar-refractivity contribution in [3.05, 3.63) is 52.2 Å². The van der Waals surface area contributed by atoms with Gasteiger partial charge in [-0.15, -0.1) is 11.3 Å². The fourth-order valence-corrected chi connectivity index (χ4v) is 4.60. The van der Waals surface area contributed by atoms with Gasteiger partial charge in [-0.2, -0.15) is 0 Å². The van der Waals surface area contributed by atoms with E-state index in [4.69, 9.17) is 0 Å². The first-order valence-electron chi connectivity index (χ1n) is 8.89. The molecule has 7 heteroatoms. The number of carbonyl (C=O) groups excluding carboxylic acids is 2. The zero-order chi connectivity index (χ0) is 18.1. The molecule has 0 unspecified atom stereocenters. The van der Waals surface area contributed by atoms with Crippen LogP contribution in [-0.4, -0.2) is 33.8 Å². The molecule has 0 bridgehead atoms. The van der Waals surface area contributed by atoms with Crippen LogP contribution in [0.4, 0.5) is 4.39 Å². The first-order valence-corrected chi connectivity index (χ1v) is 9.83. The van der Waals surface area contributed by atoms with Crippen molar-refractivity contribution in [3.63, 3.8) is 0 Å². The van der Waals surface area contributed by atoms with E-state index in [0.29, 0.717) is 18.5 Å². The van der Waals surface area contributed by atoms with Crippen LogP contribution in [0, 0.1) is 5.82 Å². The molecule has 2 aliphatic rings. The van der Waals surface area contributed by atoms with Gasteiger partial charge < -0.3 is 10.2 Å². The smallest absolute Gasteiger partial charge is 0.274 e. The Balaban J connectivity index is 1.71. The summed E-state index contributed by atoms with van der Waals surface area (Å²) < 4.78 is 13.4. The van der Waals surface area contributed by atoms with Crippen LogP contribution in [0.25, 0.3) is 0 Å². The van der Waals surface area contributed by atoms with Crippen molar-refractivity contribution in [2.45, 2.75) is 50.2 Å². The lowest BCUT2D eigenvalue weighted by molar-refractivity contribution is -0.122. The molecule has 3 atom stereocenters. The lowest BCUT2D eigenvalue weighted by atomic mass is 9.97. The number of nitrogens with one attached hydrogen (secondary N) is 1. The van der Waals surface area contributed by atoms with Crippen molar-refractivity contribution < 1.29 is 14.0 Å². The Morgan fingerprint density at radius 1 is 1.27 bits per heavy atom. The Bertz CT molecular complexity index is 794. The monoisotopic (exact) mass is 373 g/mol. The predicted octanol–water partition coefficient (Wildman–Crippen LogP) is 3.30. The normalized spacial score (nSPS) is 26.0. The van der Waals surface area contributed by atoms with Gasteiger partial charge in [-0.1, -0.05) is 18.6 Å². The highest BCUT2D eigenvalue weighted by atomic mass is 32.1. The minimum Gasteiger partial charge on any atom is -0.351 e. The third kappa shape index (κ3) is 3.23. The van der Waals surface area contributed by atoms with E-state index in [1.54, 1.807) is 23.0 Å². The van der Waals surface area contributed by atoms with Gasteiger partial charge in [0.2, 0.25) is 5.91 Å². The minimum absolute atomic E-state index is 0.0421. The molecule has 2 aromatic rings. The standard InChI is InChI=1S/C19H20FN3O2S/c20-13-7-5-12(6-8-13)17-9-14-16(3-1-2-4-18(24)22-14)23(17)19(25)15-10-26-11-21-15/h5-8,10-11,14,16-17H,1-4,9H2,(H,22,24)/t14-,16+,17+/m1/s1. The number of likely N-dealkylation sites (tertiary alicyclic amines) is 1. The van der Waals surface area contributed by atoms with E-state index in [1.165, 1.54) is 23.5 Å². The molecule has 2 saturated heterocycles. The average Bonchev–Trinajstić information content (AvgIpc) is 3.26. The molecule has 0 radical (unpaired) electrons. The number of hydrogen-bond acceptors (Lipinski definition) is 4. The van der Waals surface area contributed by atoms with E-state index in [2.05, 4.69) is 10.3 Å². The van der Waals surface area contributed by atoms with Gasteiger partial charge >= 0.3 is 0 Å². The second-order valence-corrected chi connectivity index (χ2v) is 7.59. The van der Waals surface area contributed by atoms with Crippen molar-refractivity contribution in [3.8, 4) is 0 Å². The van der Waals surface area contributed by atoms with Crippen molar-refractivity contribution in [2.75, 3.05) is 0 Å².